The SMILES string of the molecule is Cn1cc(Sc2cc(Cl)ccc2CCN)cn1. The number of hydrogen-bond acceptors (Lipinski definition) is 3. The van der Waals surface area contributed by atoms with Crippen molar-refractivity contribution in [1.82, 2.24) is 9.78 Å². The second-order valence-electron chi connectivity index (χ2n) is 3.74. The zero-order chi connectivity index (χ0) is 12.3. The van der Waals surface area contributed by atoms with Crippen molar-refractivity contribution in [3.05, 3.63) is 41.2 Å². The third-order valence-corrected chi connectivity index (χ3v) is 3.63. The highest BCUT2D eigenvalue weighted by Gasteiger charge is 2.06. The first-order valence-corrected chi connectivity index (χ1v) is 6.53. The van der Waals surface area contributed by atoms with Crippen LogP contribution in [0.2, 0.25) is 5.02 Å². The van der Waals surface area contributed by atoms with Crippen molar-refractivity contribution in [3.8, 4) is 0 Å². The summed E-state index contributed by atoms with van der Waals surface area (Å²) in [7, 11) is 1.91. The van der Waals surface area contributed by atoms with Gasteiger partial charge in [-0.05, 0) is 30.7 Å². The standard InChI is InChI=1S/C12H14ClN3S/c1-16-8-11(7-15-16)17-12-6-10(13)3-2-9(12)4-5-14/h2-3,6-8H,4-5,14H2,1H3. The van der Waals surface area contributed by atoms with E-state index >= 15 is 0 Å². The number of halogens is 1. The van der Waals surface area contributed by atoms with E-state index in [9.17, 15) is 0 Å². The fraction of sp³-hybridized carbons (Fsp3) is 0.250. The molecule has 5 heteroatoms. The second-order valence-corrected chi connectivity index (χ2v) is 5.29. The lowest BCUT2D eigenvalue weighted by Gasteiger charge is -2.07. The van der Waals surface area contributed by atoms with Crippen molar-refractivity contribution in [2.24, 2.45) is 12.8 Å². The number of hydrogen-bond donors (Lipinski definition) is 1. The minimum atomic E-state index is 0.641. The molecule has 2 aromatic rings. The van der Waals surface area contributed by atoms with Crippen molar-refractivity contribution >= 4 is 23.4 Å². The average molecular weight is 268 g/mol. The summed E-state index contributed by atoms with van der Waals surface area (Å²) in [5.41, 5.74) is 6.83. The van der Waals surface area contributed by atoms with E-state index in [4.69, 9.17) is 17.3 Å². The number of aromatic nitrogens is 2. The molecule has 0 saturated carbocycles. The van der Waals surface area contributed by atoms with Gasteiger partial charge in [-0.25, -0.2) is 0 Å². The number of benzene rings is 1. The molecule has 0 aliphatic rings. The molecular weight excluding hydrogens is 254 g/mol. The highest BCUT2D eigenvalue weighted by Crippen LogP contribution is 2.32. The summed E-state index contributed by atoms with van der Waals surface area (Å²) >= 11 is 7.69. The van der Waals surface area contributed by atoms with Gasteiger partial charge in [-0.2, -0.15) is 5.10 Å². The van der Waals surface area contributed by atoms with Crippen molar-refractivity contribution in [2.75, 3.05) is 6.54 Å². The van der Waals surface area contributed by atoms with Crippen LogP contribution in [0.1, 0.15) is 5.56 Å². The van der Waals surface area contributed by atoms with Crippen molar-refractivity contribution in [3.63, 3.8) is 0 Å². The smallest absolute Gasteiger partial charge is 0.0629 e. The van der Waals surface area contributed by atoms with Gasteiger partial charge in [0, 0.05) is 23.2 Å². The predicted octanol–water partition coefficient (Wildman–Crippen LogP) is 2.73. The molecule has 1 heterocycles. The molecule has 2 N–H and O–H groups in total. The minimum absolute atomic E-state index is 0.641. The lowest BCUT2D eigenvalue weighted by molar-refractivity contribution is 0.766. The molecule has 0 amide bonds. The highest BCUT2D eigenvalue weighted by atomic mass is 35.5. The Hall–Kier alpha value is -0.970. The Labute approximate surface area is 110 Å². The van der Waals surface area contributed by atoms with E-state index in [1.54, 1.807) is 16.4 Å². The Morgan fingerprint density at radius 2 is 2.29 bits per heavy atom. The molecule has 0 spiro atoms. The lowest BCUT2D eigenvalue weighted by atomic mass is 10.1. The molecular formula is C12H14ClN3S. The maximum atomic E-state index is 6.02. The number of rotatable bonds is 4. The van der Waals surface area contributed by atoms with Crippen LogP contribution in [-0.4, -0.2) is 16.3 Å². The van der Waals surface area contributed by atoms with Crippen LogP contribution in [0, 0.1) is 0 Å². The highest BCUT2D eigenvalue weighted by molar-refractivity contribution is 7.99. The van der Waals surface area contributed by atoms with Gasteiger partial charge in [0.05, 0.1) is 11.1 Å². The van der Waals surface area contributed by atoms with Crippen LogP contribution in [0.15, 0.2) is 40.4 Å². The van der Waals surface area contributed by atoms with Crippen LogP contribution in [0.4, 0.5) is 0 Å². The zero-order valence-electron chi connectivity index (χ0n) is 9.56. The fourth-order valence-corrected chi connectivity index (χ4v) is 2.85. The molecule has 0 aliphatic heterocycles. The summed E-state index contributed by atoms with van der Waals surface area (Å²) in [5.74, 6) is 0. The zero-order valence-corrected chi connectivity index (χ0v) is 11.1. The van der Waals surface area contributed by atoms with E-state index in [2.05, 4.69) is 5.10 Å². The van der Waals surface area contributed by atoms with Gasteiger partial charge < -0.3 is 5.73 Å². The predicted molar refractivity (Wildman–Crippen MR) is 71.5 cm³/mol. The molecule has 90 valence electrons. The first-order valence-electron chi connectivity index (χ1n) is 5.34. The number of nitrogens with zero attached hydrogens (tertiary/aromatic N) is 2. The Morgan fingerprint density at radius 1 is 1.47 bits per heavy atom. The van der Waals surface area contributed by atoms with Gasteiger partial charge in [0.25, 0.3) is 0 Å². The van der Waals surface area contributed by atoms with E-state index in [-0.39, 0.29) is 0 Å². The van der Waals surface area contributed by atoms with E-state index in [1.165, 1.54) is 5.56 Å². The van der Waals surface area contributed by atoms with Gasteiger partial charge in [0.1, 0.15) is 0 Å². The number of nitrogens with two attached hydrogens (primary N) is 1. The molecule has 0 bridgehead atoms. The molecule has 0 aliphatic carbocycles. The Balaban J connectivity index is 2.26. The molecule has 2 rings (SSSR count). The van der Waals surface area contributed by atoms with Crippen molar-refractivity contribution < 1.29 is 0 Å². The average Bonchev–Trinajstić information content (AvgIpc) is 2.68. The van der Waals surface area contributed by atoms with Crippen LogP contribution in [0.5, 0.6) is 0 Å². The van der Waals surface area contributed by atoms with Gasteiger partial charge in [-0.3, -0.25) is 4.68 Å². The van der Waals surface area contributed by atoms with Crippen LogP contribution < -0.4 is 5.73 Å². The third kappa shape index (κ3) is 3.25. The van der Waals surface area contributed by atoms with Crippen LogP contribution in [0.3, 0.4) is 0 Å². The first-order chi connectivity index (χ1) is 8.19. The summed E-state index contributed by atoms with van der Waals surface area (Å²) < 4.78 is 1.79. The molecule has 0 radical (unpaired) electrons. The largest absolute Gasteiger partial charge is 0.330 e. The van der Waals surface area contributed by atoms with Gasteiger partial charge >= 0.3 is 0 Å². The van der Waals surface area contributed by atoms with Gasteiger partial charge in [-0.1, -0.05) is 29.4 Å². The van der Waals surface area contributed by atoms with Gasteiger partial charge in [0.2, 0.25) is 0 Å². The van der Waals surface area contributed by atoms with Crippen LogP contribution >= 0.6 is 23.4 Å². The molecule has 17 heavy (non-hydrogen) atoms. The Bertz CT molecular complexity index is 510. The quantitative estimate of drug-likeness (QED) is 0.926. The van der Waals surface area contributed by atoms with Crippen LogP contribution in [-0.2, 0) is 13.5 Å². The van der Waals surface area contributed by atoms with E-state index in [1.807, 2.05) is 37.6 Å². The molecule has 3 nitrogen and oxygen atoms in total. The molecule has 0 fully saturated rings. The van der Waals surface area contributed by atoms with Crippen molar-refractivity contribution in [2.45, 2.75) is 16.2 Å². The molecule has 0 saturated heterocycles. The van der Waals surface area contributed by atoms with Crippen LogP contribution in [0.25, 0.3) is 0 Å². The number of aryl methyl sites for hydroxylation is 1. The Morgan fingerprint density at radius 3 is 2.94 bits per heavy atom. The second kappa shape index (κ2) is 5.58. The monoisotopic (exact) mass is 267 g/mol. The topological polar surface area (TPSA) is 43.8 Å². The molecule has 0 atom stereocenters. The minimum Gasteiger partial charge on any atom is -0.330 e. The third-order valence-electron chi connectivity index (χ3n) is 2.35. The fourth-order valence-electron chi connectivity index (χ4n) is 1.56. The maximum absolute atomic E-state index is 6.02. The summed E-state index contributed by atoms with van der Waals surface area (Å²) in [6.45, 7) is 0.641. The summed E-state index contributed by atoms with van der Waals surface area (Å²) in [6, 6.07) is 5.91. The first kappa shape index (κ1) is 12.5. The summed E-state index contributed by atoms with van der Waals surface area (Å²) in [6.07, 6.45) is 4.69. The maximum Gasteiger partial charge on any atom is 0.0629 e. The van der Waals surface area contributed by atoms with E-state index in [0.717, 1.165) is 21.2 Å². The van der Waals surface area contributed by atoms with Gasteiger partial charge in [-0.15, -0.1) is 0 Å². The molecule has 0 unspecified atom stereocenters. The summed E-state index contributed by atoms with van der Waals surface area (Å²) in [5, 5.41) is 4.90. The lowest BCUT2D eigenvalue weighted by Crippen LogP contribution is -2.03. The van der Waals surface area contributed by atoms with Gasteiger partial charge in [0.15, 0.2) is 0 Å². The van der Waals surface area contributed by atoms with E-state index in [0.29, 0.717) is 6.54 Å². The normalized spacial score (nSPS) is 10.8. The van der Waals surface area contributed by atoms with E-state index < -0.39 is 0 Å². The molecule has 1 aromatic heterocycles. The van der Waals surface area contributed by atoms with Crippen molar-refractivity contribution in [1.29, 1.82) is 0 Å². The Kier molecular flexibility index (Phi) is 4.10. The summed E-state index contributed by atoms with van der Waals surface area (Å²) in [4.78, 5) is 2.25. The molecule has 1 aromatic carbocycles.